The van der Waals surface area contributed by atoms with Gasteiger partial charge in [0.2, 0.25) is 0 Å². The molecule has 0 aliphatic heterocycles. The summed E-state index contributed by atoms with van der Waals surface area (Å²) in [6.07, 6.45) is 5.48. The average molecular weight is 821 g/mol. The van der Waals surface area contributed by atoms with Gasteiger partial charge in [-0.25, -0.2) is 9.59 Å². The van der Waals surface area contributed by atoms with E-state index in [-0.39, 0.29) is 18.6 Å². The molecule has 0 saturated carbocycles. The molecule has 0 saturated heterocycles. The predicted molar refractivity (Wildman–Crippen MR) is 241 cm³/mol. The molecule has 2 atom stereocenters. The van der Waals surface area contributed by atoms with Gasteiger partial charge >= 0.3 is 11.9 Å². The summed E-state index contributed by atoms with van der Waals surface area (Å²) in [6.45, 7) is 4.78. The molecule has 0 N–H and O–H groups in total. The lowest BCUT2D eigenvalue weighted by Crippen LogP contribution is -2.27. The fourth-order valence-electron chi connectivity index (χ4n) is 5.99. The molecule has 2 unspecified atom stereocenters. The topological polar surface area (TPSA) is 71.1 Å². The van der Waals surface area contributed by atoms with E-state index >= 15 is 0 Å². The highest BCUT2D eigenvalue weighted by Crippen LogP contribution is 2.34. The molecular formula is C51H48O6S2. The van der Waals surface area contributed by atoms with E-state index in [0.29, 0.717) is 23.0 Å². The van der Waals surface area contributed by atoms with Crippen molar-refractivity contribution in [1.29, 1.82) is 0 Å². The summed E-state index contributed by atoms with van der Waals surface area (Å²) in [7, 11) is 0. The smallest absolute Gasteiger partial charge is 0.331 e. The lowest BCUT2D eigenvalue weighted by atomic mass is 9.78. The molecule has 0 bridgehead atoms. The van der Waals surface area contributed by atoms with Gasteiger partial charge in [0.1, 0.15) is 36.9 Å². The largest absolute Gasteiger partial charge is 0.490 e. The minimum atomic E-state index is -0.466. The zero-order valence-electron chi connectivity index (χ0n) is 33.2. The molecule has 0 aromatic heterocycles. The van der Waals surface area contributed by atoms with Crippen LogP contribution in [0.1, 0.15) is 36.1 Å². The van der Waals surface area contributed by atoms with Gasteiger partial charge in [0, 0.05) is 38.9 Å². The normalized spacial score (nSPS) is 12.5. The van der Waals surface area contributed by atoms with Crippen LogP contribution in [0.3, 0.4) is 0 Å². The zero-order chi connectivity index (χ0) is 41.1. The molecule has 0 fully saturated rings. The van der Waals surface area contributed by atoms with Crippen LogP contribution >= 0.6 is 23.5 Å². The second kappa shape index (κ2) is 22.3. The number of hydrogen-bond donors (Lipinski definition) is 0. The lowest BCUT2D eigenvalue weighted by Gasteiger charge is -2.27. The van der Waals surface area contributed by atoms with Crippen LogP contribution in [-0.4, -0.2) is 48.9 Å². The summed E-state index contributed by atoms with van der Waals surface area (Å²) in [6, 6.07) is 55.5. The Bertz CT molecular complexity index is 2070. The first kappa shape index (κ1) is 42.6. The number of esters is 2. The summed E-state index contributed by atoms with van der Waals surface area (Å²) in [5.74, 6) is 1.64. The van der Waals surface area contributed by atoms with Crippen molar-refractivity contribution in [3.05, 3.63) is 204 Å². The molecule has 0 heterocycles. The van der Waals surface area contributed by atoms with Gasteiger partial charge < -0.3 is 18.9 Å². The fraction of sp³-hybridized carbons (Fsp3) is 0.176. The molecule has 6 nitrogen and oxygen atoms in total. The van der Waals surface area contributed by atoms with E-state index in [9.17, 15) is 9.59 Å². The second-order valence-corrected chi connectivity index (χ2v) is 16.3. The molecule has 300 valence electrons. The van der Waals surface area contributed by atoms with E-state index in [1.807, 2.05) is 146 Å². The second-order valence-electron chi connectivity index (χ2n) is 14.1. The van der Waals surface area contributed by atoms with Crippen LogP contribution in [0.15, 0.2) is 192 Å². The minimum Gasteiger partial charge on any atom is -0.490 e. The Morgan fingerprint density at radius 2 is 0.831 bits per heavy atom. The Labute approximate surface area is 356 Å². The Morgan fingerprint density at radius 1 is 0.492 bits per heavy atom. The zero-order valence-corrected chi connectivity index (χ0v) is 34.9. The third-order valence-corrected chi connectivity index (χ3v) is 11.7. The van der Waals surface area contributed by atoms with Gasteiger partial charge in [-0.15, -0.1) is 23.5 Å². The Kier molecular flexibility index (Phi) is 16.1. The van der Waals surface area contributed by atoms with Crippen molar-refractivity contribution in [2.45, 2.75) is 41.3 Å². The summed E-state index contributed by atoms with van der Waals surface area (Å²) < 4.78 is 24.1. The molecular weight excluding hydrogens is 773 g/mol. The van der Waals surface area contributed by atoms with E-state index in [2.05, 4.69) is 38.1 Å². The Balaban J connectivity index is 1.04. The Morgan fingerprint density at radius 3 is 1.19 bits per heavy atom. The van der Waals surface area contributed by atoms with Gasteiger partial charge in [-0.1, -0.05) is 135 Å². The molecule has 0 radical (unpaired) electrons. The summed E-state index contributed by atoms with van der Waals surface area (Å²) >= 11 is 3.24. The van der Waals surface area contributed by atoms with Crippen LogP contribution in [0.5, 0.6) is 11.5 Å². The van der Waals surface area contributed by atoms with Crippen molar-refractivity contribution in [1.82, 2.24) is 0 Å². The number of carbonyl (C=O) groups excluding carboxylic acids is 2. The number of rotatable bonds is 20. The van der Waals surface area contributed by atoms with E-state index in [1.54, 1.807) is 35.7 Å². The van der Waals surface area contributed by atoms with E-state index < -0.39 is 24.1 Å². The first-order valence-electron chi connectivity index (χ1n) is 19.5. The van der Waals surface area contributed by atoms with Gasteiger partial charge in [0.15, 0.2) is 0 Å². The van der Waals surface area contributed by atoms with Crippen LogP contribution in [0.2, 0.25) is 0 Å². The summed E-state index contributed by atoms with van der Waals surface area (Å²) in [5, 5.41) is 0. The lowest BCUT2D eigenvalue weighted by molar-refractivity contribution is -0.144. The number of carbonyl (C=O) groups is 2. The molecule has 6 aromatic rings. The van der Waals surface area contributed by atoms with Gasteiger partial charge in [-0.2, -0.15) is 0 Å². The standard InChI is InChI=1S/C51H48O6S2/c1-51(2,41-25-29-43(30-26-41)54-35-45(37-58-47-19-11-5-12-20-47)56-49(52)33-23-39-15-7-3-8-16-39)42-27-31-44(32-28-42)55-36-46(38-59-48-21-13-6-14-22-48)57-50(53)34-24-40-17-9-4-10-18-40/h3-34,45-46H,35-38H2,1-2H3. The van der Waals surface area contributed by atoms with Crippen LogP contribution in [-0.2, 0) is 24.5 Å². The Hall–Kier alpha value is -5.96. The minimum absolute atomic E-state index is 0.213. The van der Waals surface area contributed by atoms with Crippen molar-refractivity contribution < 1.29 is 28.5 Å². The number of thioether (sulfide) groups is 2. The maximum atomic E-state index is 12.8. The summed E-state index contributed by atoms with van der Waals surface area (Å²) in [4.78, 5) is 27.8. The predicted octanol–water partition coefficient (Wildman–Crippen LogP) is 11.6. The van der Waals surface area contributed by atoms with E-state index in [1.165, 1.54) is 12.2 Å². The number of ether oxygens (including phenoxy) is 4. The summed E-state index contributed by atoms with van der Waals surface area (Å²) in [5.41, 5.74) is 3.76. The SMILES string of the molecule is CC(C)(c1ccc(OCC(CSc2ccccc2)OC(=O)C=Cc2ccccc2)cc1)c1ccc(OCC(CSc2ccccc2)OC(=O)C=Cc2ccccc2)cc1. The number of benzene rings is 6. The van der Waals surface area contributed by atoms with Crippen molar-refractivity contribution in [3.63, 3.8) is 0 Å². The van der Waals surface area contributed by atoms with Crippen molar-refractivity contribution in [3.8, 4) is 11.5 Å². The van der Waals surface area contributed by atoms with Crippen LogP contribution < -0.4 is 9.47 Å². The molecule has 0 aliphatic rings. The maximum absolute atomic E-state index is 12.8. The highest BCUT2D eigenvalue weighted by atomic mass is 32.2. The van der Waals surface area contributed by atoms with Crippen LogP contribution in [0.25, 0.3) is 12.2 Å². The number of hydrogen-bond acceptors (Lipinski definition) is 8. The van der Waals surface area contributed by atoms with Crippen molar-refractivity contribution >= 4 is 47.6 Å². The average Bonchev–Trinajstić information content (AvgIpc) is 3.28. The van der Waals surface area contributed by atoms with Crippen LogP contribution in [0, 0.1) is 0 Å². The maximum Gasteiger partial charge on any atom is 0.331 e. The van der Waals surface area contributed by atoms with Gasteiger partial charge in [0.25, 0.3) is 0 Å². The molecule has 0 aliphatic carbocycles. The molecule has 0 spiro atoms. The van der Waals surface area contributed by atoms with Crippen LogP contribution in [0.4, 0.5) is 0 Å². The van der Waals surface area contributed by atoms with Gasteiger partial charge in [-0.05, 0) is 82.9 Å². The van der Waals surface area contributed by atoms with Crippen molar-refractivity contribution in [2.24, 2.45) is 0 Å². The third-order valence-electron chi connectivity index (χ3n) is 9.37. The fourth-order valence-corrected chi connectivity index (χ4v) is 7.77. The molecule has 6 aromatic carbocycles. The van der Waals surface area contributed by atoms with E-state index in [0.717, 1.165) is 32.0 Å². The van der Waals surface area contributed by atoms with Crippen molar-refractivity contribution in [2.75, 3.05) is 24.7 Å². The molecule has 0 amide bonds. The van der Waals surface area contributed by atoms with Gasteiger partial charge in [-0.3, -0.25) is 0 Å². The monoisotopic (exact) mass is 820 g/mol. The van der Waals surface area contributed by atoms with Gasteiger partial charge in [0.05, 0.1) is 0 Å². The molecule has 59 heavy (non-hydrogen) atoms. The quantitative estimate of drug-likeness (QED) is 0.0428. The molecule has 8 heteroatoms. The first-order chi connectivity index (χ1) is 28.8. The molecule has 6 rings (SSSR count). The third kappa shape index (κ3) is 14.1. The highest BCUT2D eigenvalue weighted by molar-refractivity contribution is 7.99. The first-order valence-corrected chi connectivity index (χ1v) is 21.5. The van der Waals surface area contributed by atoms with E-state index in [4.69, 9.17) is 18.9 Å². The highest BCUT2D eigenvalue weighted by Gasteiger charge is 2.24.